The van der Waals surface area contributed by atoms with Gasteiger partial charge in [0, 0.05) is 6.04 Å². The smallest absolute Gasteiger partial charge is 0.323 e. The van der Waals surface area contributed by atoms with E-state index >= 15 is 0 Å². The van der Waals surface area contributed by atoms with Gasteiger partial charge in [-0.25, -0.2) is 0 Å². The lowest BCUT2D eigenvalue weighted by Crippen LogP contribution is -2.48. The van der Waals surface area contributed by atoms with E-state index in [-0.39, 0.29) is 0 Å². The van der Waals surface area contributed by atoms with Gasteiger partial charge in [-0.1, -0.05) is 19.8 Å². The van der Waals surface area contributed by atoms with E-state index in [2.05, 4.69) is 11.8 Å². The lowest BCUT2D eigenvalue weighted by atomic mass is 9.91. The van der Waals surface area contributed by atoms with Crippen LogP contribution in [0.25, 0.3) is 0 Å². The van der Waals surface area contributed by atoms with E-state index in [1.807, 2.05) is 0 Å². The second-order valence-corrected chi connectivity index (χ2v) is 6.13. The van der Waals surface area contributed by atoms with E-state index in [9.17, 15) is 4.79 Å². The van der Waals surface area contributed by atoms with Gasteiger partial charge in [0.05, 0.1) is 0 Å². The maximum atomic E-state index is 11.1. The number of rotatable bonds is 4. The maximum absolute atomic E-state index is 11.1. The number of nitrogens with two attached hydrogens (primary N) is 1. The molecular weight excluding hydrogens is 228 g/mol. The van der Waals surface area contributed by atoms with Crippen LogP contribution in [-0.4, -0.2) is 40.6 Å². The van der Waals surface area contributed by atoms with E-state index < -0.39 is 11.5 Å². The fourth-order valence-corrected chi connectivity index (χ4v) is 3.57. The molecule has 1 aliphatic heterocycles. The summed E-state index contributed by atoms with van der Waals surface area (Å²) in [6.45, 7) is 4.51. The number of hydrogen-bond acceptors (Lipinski definition) is 3. The molecule has 0 radical (unpaired) electrons. The first-order valence-corrected chi connectivity index (χ1v) is 7.31. The number of aliphatic carboxylic acids is 1. The molecule has 4 heteroatoms. The fraction of sp³-hybridized carbons (Fsp3) is 0.929. The van der Waals surface area contributed by atoms with Crippen LogP contribution in [0.5, 0.6) is 0 Å². The highest BCUT2D eigenvalue weighted by atomic mass is 16.4. The third-order valence-electron chi connectivity index (χ3n) is 4.81. The van der Waals surface area contributed by atoms with Crippen LogP contribution in [0.15, 0.2) is 0 Å². The highest BCUT2D eigenvalue weighted by Gasteiger charge is 2.44. The molecule has 1 aliphatic carbocycles. The highest BCUT2D eigenvalue weighted by molar-refractivity contribution is 5.79. The average Bonchev–Trinajstić information content (AvgIpc) is 2.75. The second-order valence-electron chi connectivity index (χ2n) is 6.13. The van der Waals surface area contributed by atoms with Crippen molar-refractivity contribution >= 4 is 5.97 Å². The van der Waals surface area contributed by atoms with Crippen LogP contribution < -0.4 is 5.73 Å². The highest BCUT2D eigenvalue weighted by Crippen LogP contribution is 2.34. The first kappa shape index (κ1) is 13.8. The minimum atomic E-state index is -0.967. The van der Waals surface area contributed by atoms with E-state index in [4.69, 9.17) is 10.8 Å². The first-order chi connectivity index (χ1) is 8.55. The largest absolute Gasteiger partial charge is 0.480 e. The summed E-state index contributed by atoms with van der Waals surface area (Å²) < 4.78 is 0. The molecule has 0 spiro atoms. The molecule has 1 saturated heterocycles. The van der Waals surface area contributed by atoms with Crippen molar-refractivity contribution in [2.45, 2.75) is 63.5 Å². The molecule has 0 aromatic rings. The number of likely N-dealkylation sites (tertiary alicyclic amines) is 1. The van der Waals surface area contributed by atoms with Crippen molar-refractivity contribution in [3.63, 3.8) is 0 Å². The molecule has 18 heavy (non-hydrogen) atoms. The number of carbonyl (C=O) groups is 1. The lowest BCUT2D eigenvalue weighted by molar-refractivity contribution is -0.143. The summed E-state index contributed by atoms with van der Waals surface area (Å²) in [4.78, 5) is 13.6. The Bertz CT molecular complexity index is 300. The summed E-state index contributed by atoms with van der Waals surface area (Å²) in [6, 6.07) is 0.397. The van der Waals surface area contributed by atoms with Crippen LogP contribution in [0.1, 0.15) is 51.9 Å². The Labute approximate surface area is 110 Å². The number of carboxylic acid groups (broad SMARTS) is 1. The Balaban J connectivity index is 1.83. The molecule has 2 rings (SSSR count). The Kier molecular flexibility index (Phi) is 4.28. The number of piperidine rings is 1. The van der Waals surface area contributed by atoms with Gasteiger partial charge in [0.15, 0.2) is 0 Å². The molecule has 3 N–H and O–H groups in total. The van der Waals surface area contributed by atoms with Gasteiger partial charge in [0.1, 0.15) is 5.54 Å². The Morgan fingerprint density at radius 1 is 1.39 bits per heavy atom. The summed E-state index contributed by atoms with van der Waals surface area (Å²) in [5, 5.41) is 9.16. The zero-order valence-electron chi connectivity index (χ0n) is 11.4. The lowest BCUT2D eigenvalue weighted by Gasteiger charge is -2.36. The summed E-state index contributed by atoms with van der Waals surface area (Å²) in [5.41, 5.74) is 4.98. The monoisotopic (exact) mass is 254 g/mol. The molecule has 0 bridgehead atoms. The minimum Gasteiger partial charge on any atom is -0.480 e. The standard InChI is InChI=1S/C14H26N2O2/c1-2-3-11-5-8-16(9-6-11)12-4-7-14(15,10-12)13(17)18/h11-12H,2-10,15H2,1H3,(H,17,18). The summed E-state index contributed by atoms with van der Waals surface area (Å²) in [5.74, 6) is 0.0561. The van der Waals surface area contributed by atoms with E-state index in [1.54, 1.807) is 0 Å². The predicted octanol–water partition coefficient (Wildman–Crippen LogP) is 1.83. The van der Waals surface area contributed by atoms with Crippen LogP contribution in [0.2, 0.25) is 0 Å². The molecule has 1 saturated carbocycles. The van der Waals surface area contributed by atoms with Gasteiger partial charge in [-0.15, -0.1) is 0 Å². The average molecular weight is 254 g/mol. The van der Waals surface area contributed by atoms with Gasteiger partial charge >= 0.3 is 5.97 Å². The van der Waals surface area contributed by atoms with Gasteiger partial charge in [-0.2, -0.15) is 0 Å². The van der Waals surface area contributed by atoms with Gasteiger partial charge in [-0.05, 0) is 51.1 Å². The topological polar surface area (TPSA) is 66.6 Å². The Morgan fingerprint density at radius 2 is 2.06 bits per heavy atom. The molecule has 0 aromatic carbocycles. The van der Waals surface area contributed by atoms with Gasteiger partial charge in [0.2, 0.25) is 0 Å². The Hall–Kier alpha value is -0.610. The van der Waals surface area contributed by atoms with E-state index in [1.165, 1.54) is 25.7 Å². The van der Waals surface area contributed by atoms with Crippen molar-refractivity contribution in [1.29, 1.82) is 0 Å². The number of carboxylic acids is 1. The molecule has 2 aliphatic rings. The van der Waals surface area contributed by atoms with Crippen LogP contribution in [0, 0.1) is 5.92 Å². The summed E-state index contributed by atoms with van der Waals surface area (Å²) in [6.07, 6.45) is 7.36. The fourth-order valence-electron chi connectivity index (χ4n) is 3.57. The van der Waals surface area contributed by atoms with Crippen LogP contribution in [0.3, 0.4) is 0 Å². The molecule has 104 valence electrons. The molecule has 2 atom stereocenters. The summed E-state index contributed by atoms with van der Waals surface area (Å²) in [7, 11) is 0. The molecule has 1 heterocycles. The normalized spacial score (nSPS) is 34.9. The van der Waals surface area contributed by atoms with E-state index in [0.717, 1.165) is 25.4 Å². The molecule has 2 unspecified atom stereocenters. The van der Waals surface area contributed by atoms with Crippen molar-refractivity contribution in [2.24, 2.45) is 11.7 Å². The summed E-state index contributed by atoms with van der Waals surface area (Å²) >= 11 is 0. The van der Waals surface area contributed by atoms with Gasteiger partial charge in [0.25, 0.3) is 0 Å². The zero-order chi connectivity index (χ0) is 13.2. The third-order valence-corrected chi connectivity index (χ3v) is 4.81. The zero-order valence-corrected chi connectivity index (χ0v) is 11.4. The number of nitrogens with zero attached hydrogens (tertiary/aromatic N) is 1. The van der Waals surface area contributed by atoms with Crippen LogP contribution >= 0.6 is 0 Å². The van der Waals surface area contributed by atoms with Crippen molar-refractivity contribution < 1.29 is 9.90 Å². The molecule has 0 aromatic heterocycles. The molecule has 2 fully saturated rings. The second kappa shape index (κ2) is 5.57. The van der Waals surface area contributed by atoms with Crippen molar-refractivity contribution in [3.8, 4) is 0 Å². The first-order valence-electron chi connectivity index (χ1n) is 7.31. The maximum Gasteiger partial charge on any atom is 0.323 e. The minimum absolute atomic E-state index is 0.397. The van der Waals surface area contributed by atoms with Crippen molar-refractivity contribution in [3.05, 3.63) is 0 Å². The van der Waals surface area contributed by atoms with Crippen LogP contribution in [0.4, 0.5) is 0 Å². The predicted molar refractivity (Wildman–Crippen MR) is 71.4 cm³/mol. The number of hydrogen-bond donors (Lipinski definition) is 2. The molecule has 4 nitrogen and oxygen atoms in total. The van der Waals surface area contributed by atoms with Crippen LogP contribution in [-0.2, 0) is 4.79 Å². The van der Waals surface area contributed by atoms with Gasteiger partial charge in [-0.3, -0.25) is 4.79 Å². The van der Waals surface area contributed by atoms with E-state index in [0.29, 0.717) is 18.9 Å². The molecule has 0 amide bonds. The third kappa shape index (κ3) is 2.86. The SMILES string of the molecule is CCCC1CCN(C2CCC(N)(C(=O)O)C2)CC1. The van der Waals surface area contributed by atoms with Crippen molar-refractivity contribution in [2.75, 3.05) is 13.1 Å². The molecular formula is C14H26N2O2. The van der Waals surface area contributed by atoms with Gasteiger partial charge < -0.3 is 15.7 Å². The Morgan fingerprint density at radius 3 is 2.56 bits per heavy atom. The quantitative estimate of drug-likeness (QED) is 0.803. The van der Waals surface area contributed by atoms with Crippen molar-refractivity contribution in [1.82, 2.24) is 4.90 Å².